The van der Waals surface area contributed by atoms with Crippen LogP contribution in [-0.4, -0.2) is 44.8 Å². The van der Waals surface area contributed by atoms with Crippen molar-refractivity contribution in [2.75, 3.05) is 6.54 Å². The third kappa shape index (κ3) is 4.90. The fourth-order valence-electron chi connectivity index (χ4n) is 2.61. The molecular formula is C22H20N2O5S. The van der Waals surface area contributed by atoms with Crippen LogP contribution in [0.25, 0.3) is 6.08 Å². The van der Waals surface area contributed by atoms with Crippen LogP contribution < -0.4 is 4.74 Å². The highest BCUT2D eigenvalue weighted by Gasteiger charge is 2.33. The molecule has 30 heavy (non-hydrogen) atoms. The number of carboxylic acids is 1. The van der Waals surface area contributed by atoms with Gasteiger partial charge in [0.05, 0.1) is 10.6 Å². The molecule has 1 fully saturated rings. The number of hydrogen-bond acceptors (Lipinski definition) is 6. The minimum atomic E-state index is -1.08. The highest BCUT2D eigenvalue weighted by Crippen LogP contribution is 2.35. The molecule has 0 spiro atoms. The topological polar surface area (TPSA) is 99.4 Å². The number of thioether (sulfide) groups is 1. The average molecular weight is 424 g/mol. The summed E-state index contributed by atoms with van der Waals surface area (Å²) in [4.78, 5) is 30.5. The number of aliphatic carboxylic acids is 1. The largest absolute Gasteiger partial charge is 0.508 e. The van der Waals surface area contributed by atoms with Gasteiger partial charge in [-0.3, -0.25) is 9.69 Å². The zero-order valence-electron chi connectivity index (χ0n) is 16.2. The number of hydrogen-bond donors (Lipinski definition) is 2. The number of carboxylic acid groups (broad SMARTS) is 1. The minimum absolute atomic E-state index is 0.129. The van der Waals surface area contributed by atoms with Gasteiger partial charge in [-0.1, -0.05) is 24.3 Å². The smallest absolute Gasteiger partial charge is 0.344 e. The van der Waals surface area contributed by atoms with Crippen molar-refractivity contribution < 1.29 is 24.5 Å². The average Bonchev–Trinajstić information content (AvgIpc) is 3.00. The number of para-hydroxylation sites is 1. The molecule has 2 N–H and O–H groups in total. The lowest BCUT2D eigenvalue weighted by atomic mass is 10.2. The molecule has 0 aliphatic carbocycles. The number of carbonyl (C=O) groups excluding carboxylic acids is 1. The standard InChI is InChI=1S/C22H20N2O5S/c1-3-12-24-20(26)19(30-22(24)23-16-8-10-17(25)11-9-16)13-15-6-4-5-7-18(15)29-14(2)21(27)28/h3-11,13-14,25H,1,12H2,2H3,(H,27,28)/b19-13-,23-22?. The summed E-state index contributed by atoms with van der Waals surface area (Å²) >= 11 is 1.20. The number of benzene rings is 2. The van der Waals surface area contributed by atoms with Gasteiger partial charge >= 0.3 is 5.97 Å². The highest BCUT2D eigenvalue weighted by molar-refractivity contribution is 8.18. The van der Waals surface area contributed by atoms with Gasteiger partial charge in [0, 0.05) is 12.1 Å². The van der Waals surface area contributed by atoms with Crippen molar-refractivity contribution in [2.24, 2.45) is 4.99 Å². The second-order valence-corrected chi connectivity index (χ2v) is 7.37. The molecule has 1 aliphatic rings. The first-order valence-corrected chi connectivity index (χ1v) is 9.89. The molecule has 1 aliphatic heterocycles. The molecule has 3 rings (SSSR count). The summed E-state index contributed by atoms with van der Waals surface area (Å²) in [6.07, 6.45) is 2.24. The van der Waals surface area contributed by atoms with E-state index in [-0.39, 0.29) is 18.2 Å². The van der Waals surface area contributed by atoms with Gasteiger partial charge in [-0.05, 0) is 55.1 Å². The number of rotatable bonds is 7. The Morgan fingerprint density at radius 2 is 1.97 bits per heavy atom. The number of amidine groups is 1. The van der Waals surface area contributed by atoms with E-state index < -0.39 is 12.1 Å². The van der Waals surface area contributed by atoms with E-state index in [1.54, 1.807) is 48.6 Å². The van der Waals surface area contributed by atoms with Gasteiger partial charge < -0.3 is 14.9 Å². The summed E-state index contributed by atoms with van der Waals surface area (Å²) in [6, 6.07) is 13.3. The zero-order chi connectivity index (χ0) is 21.7. The fourth-order valence-corrected chi connectivity index (χ4v) is 3.61. The zero-order valence-corrected chi connectivity index (χ0v) is 17.0. The van der Waals surface area contributed by atoms with Gasteiger partial charge in [-0.2, -0.15) is 0 Å². The maximum absolute atomic E-state index is 12.9. The molecule has 2 aromatic carbocycles. The van der Waals surface area contributed by atoms with Crippen LogP contribution in [0.2, 0.25) is 0 Å². The molecule has 1 saturated heterocycles. The molecule has 0 bridgehead atoms. The number of nitrogens with zero attached hydrogens (tertiary/aromatic N) is 2. The van der Waals surface area contributed by atoms with Crippen LogP contribution in [0.4, 0.5) is 5.69 Å². The minimum Gasteiger partial charge on any atom is -0.508 e. The number of aromatic hydroxyl groups is 1. The molecule has 154 valence electrons. The highest BCUT2D eigenvalue weighted by atomic mass is 32.2. The van der Waals surface area contributed by atoms with Crippen LogP contribution in [0.15, 0.2) is 71.1 Å². The van der Waals surface area contributed by atoms with Crippen molar-refractivity contribution in [3.05, 3.63) is 71.7 Å². The molecule has 0 radical (unpaired) electrons. The first kappa shape index (κ1) is 21.2. The van der Waals surface area contributed by atoms with Gasteiger partial charge in [0.2, 0.25) is 0 Å². The third-order valence-corrected chi connectivity index (χ3v) is 5.14. The lowest BCUT2D eigenvalue weighted by Gasteiger charge is -2.13. The van der Waals surface area contributed by atoms with Crippen molar-refractivity contribution >= 4 is 40.6 Å². The number of carbonyl (C=O) groups is 2. The maximum atomic E-state index is 12.9. The lowest BCUT2D eigenvalue weighted by molar-refractivity contribution is -0.144. The van der Waals surface area contributed by atoms with Crippen LogP contribution in [-0.2, 0) is 9.59 Å². The number of phenolic OH excluding ortho intramolecular Hbond substituents is 1. The second-order valence-electron chi connectivity index (χ2n) is 6.36. The van der Waals surface area contributed by atoms with Gasteiger partial charge in [0.1, 0.15) is 11.5 Å². The van der Waals surface area contributed by atoms with E-state index >= 15 is 0 Å². The molecular weight excluding hydrogens is 404 g/mol. The predicted molar refractivity (Wildman–Crippen MR) is 117 cm³/mol. The molecule has 1 amide bonds. The second kappa shape index (κ2) is 9.32. The molecule has 7 nitrogen and oxygen atoms in total. The normalized spacial score (nSPS) is 17.4. The summed E-state index contributed by atoms with van der Waals surface area (Å²) in [5, 5.41) is 19.0. The van der Waals surface area contributed by atoms with Crippen molar-refractivity contribution in [3.63, 3.8) is 0 Å². The molecule has 0 saturated carbocycles. The maximum Gasteiger partial charge on any atom is 0.344 e. The summed E-state index contributed by atoms with van der Waals surface area (Å²) in [7, 11) is 0. The number of phenols is 1. The quantitative estimate of drug-likeness (QED) is 0.514. The Bertz CT molecular complexity index is 1030. The Balaban J connectivity index is 1.94. The monoisotopic (exact) mass is 424 g/mol. The van der Waals surface area contributed by atoms with E-state index in [4.69, 9.17) is 9.84 Å². The van der Waals surface area contributed by atoms with E-state index in [2.05, 4.69) is 11.6 Å². The summed E-state index contributed by atoms with van der Waals surface area (Å²) in [6.45, 7) is 5.42. The fraction of sp³-hybridized carbons (Fsp3) is 0.136. The lowest BCUT2D eigenvalue weighted by Crippen LogP contribution is -2.29. The van der Waals surface area contributed by atoms with E-state index in [0.29, 0.717) is 27.1 Å². The Kier molecular flexibility index (Phi) is 6.58. The van der Waals surface area contributed by atoms with Crippen molar-refractivity contribution in [3.8, 4) is 11.5 Å². The van der Waals surface area contributed by atoms with Crippen molar-refractivity contribution in [2.45, 2.75) is 13.0 Å². The molecule has 8 heteroatoms. The van der Waals surface area contributed by atoms with E-state index in [0.717, 1.165) is 0 Å². The van der Waals surface area contributed by atoms with Crippen LogP contribution >= 0.6 is 11.8 Å². The first-order chi connectivity index (χ1) is 14.4. The van der Waals surface area contributed by atoms with E-state index in [1.165, 1.54) is 35.7 Å². The number of aliphatic imine (C=N–C) groups is 1. The SMILES string of the molecule is C=CCN1C(=O)/C(=C/c2ccccc2OC(C)C(=O)O)SC1=Nc1ccc(O)cc1. The molecule has 2 aromatic rings. The first-order valence-electron chi connectivity index (χ1n) is 9.07. The Morgan fingerprint density at radius 1 is 1.27 bits per heavy atom. The number of amides is 1. The molecule has 1 heterocycles. The van der Waals surface area contributed by atoms with E-state index in [1.807, 2.05) is 0 Å². The molecule has 1 atom stereocenters. The summed E-state index contributed by atoms with van der Waals surface area (Å²) < 4.78 is 5.51. The van der Waals surface area contributed by atoms with Gasteiger partial charge in [0.15, 0.2) is 11.3 Å². The Morgan fingerprint density at radius 3 is 2.63 bits per heavy atom. The Hall–Kier alpha value is -3.52. The summed E-state index contributed by atoms with van der Waals surface area (Å²) in [5.41, 5.74) is 1.18. The summed E-state index contributed by atoms with van der Waals surface area (Å²) in [5.74, 6) is -0.819. The van der Waals surface area contributed by atoms with Crippen LogP contribution in [0.5, 0.6) is 11.5 Å². The molecule has 0 aromatic heterocycles. The van der Waals surface area contributed by atoms with Gasteiger partial charge in [-0.15, -0.1) is 6.58 Å². The third-order valence-electron chi connectivity index (χ3n) is 4.13. The van der Waals surface area contributed by atoms with Crippen molar-refractivity contribution in [1.82, 2.24) is 4.90 Å². The van der Waals surface area contributed by atoms with Crippen LogP contribution in [0, 0.1) is 0 Å². The van der Waals surface area contributed by atoms with Gasteiger partial charge in [0.25, 0.3) is 5.91 Å². The van der Waals surface area contributed by atoms with Crippen LogP contribution in [0.3, 0.4) is 0 Å². The van der Waals surface area contributed by atoms with Crippen molar-refractivity contribution in [1.29, 1.82) is 0 Å². The molecule has 1 unspecified atom stereocenters. The van der Waals surface area contributed by atoms with Gasteiger partial charge in [-0.25, -0.2) is 9.79 Å². The number of ether oxygens (including phenoxy) is 1. The van der Waals surface area contributed by atoms with E-state index in [9.17, 15) is 14.7 Å². The Labute approximate surface area is 178 Å². The van der Waals surface area contributed by atoms with Crippen LogP contribution in [0.1, 0.15) is 12.5 Å². The predicted octanol–water partition coefficient (Wildman–Crippen LogP) is 4.03.